The Kier molecular flexibility index (Phi) is 7.05. The van der Waals surface area contributed by atoms with E-state index in [1.807, 2.05) is 38.1 Å². The average molecular weight is 512 g/mol. The van der Waals surface area contributed by atoms with Crippen LogP contribution in [0.15, 0.2) is 66.2 Å². The Balaban J connectivity index is 1.93. The second-order valence-corrected chi connectivity index (χ2v) is 8.74. The molecule has 1 aliphatic rings. The number of carbonyl (C=O) groups excluding carboxylic acids is 2. The number of ketones is 1. The standard InChI is InChI=1S/C27H23Cl2NO5/c1-4-35-18-11-9-17(10-12-18)30-23(19-8-6-5-7-15(19)2)22(25(32)27(30)33)24(31)16-13-20(28)26(34-3)21(29)14-16/h5-14,23,31H,4H2,1-3H3/b24-22+. The minimum Gasteiger partial charge on any atom is -0.507 e. The van der Waals surface area contributed by atoms with E-state index in [1.54, 1.807) is 24.3 Å². The minimum absolute atomic E-state index is 0.0597. The summed E-state index contributed by atoms with van der Waals surface area (Å²) < 4.78 is 10.7. The smallest absolute Gasteiger partial charge is 0.300 e. The normalized spacial score (nSPS) is 17.1. The third kappa shape index (κ3) is 4.47. The van der Waals surface area contributed by atoms with E-state index >= 15 is 0 Å². The van der Waals surface area contributed by atoms with E-state index in [1.165, 1.54) is 24.1 Å². The number of amides is 1. The molecule has 8 heteroatoms. The molecule has 35 heavy (non-hydrogen) atoms. The molecular weight excluding hydrogens is 489 g/mol. The minimum atomic E-state index is -0.867. The van der Waals surface area contributed by atoms with Crippen molar-refractivity contribution in [3.8, 4) is 11.5 Å². The fourth-order valence-electron chi connectivity index (χ4n) is 4.20. The fraction of sp³-hybridized carbons (Fsp3) is 0.185. The van der Waals surface area contributed by atoms with Gasteiger partial charge in [-0.25, -0.2) is 0 Å². The van der Waals surface area contributed by atoms with Gasteiger partial charge in [0.1, 0.15) is 11.5 Å². The summed E-state index contributed by atoms with van der Waals surface area (Å²) in [5, 5.41) is 11.6. The number of Topliss-reactive ketones (excluding diaryl/α,β-unsaturated/α-hetero) is 1. The highest BCUT2D eigenvalue weighted by molar-refractivity contribution is 6.51. The highest BCUT2D eigenvalue weighted by Crippen LogP contribution is 2.44. The third-order valence-corrected chi connectivity index (χ3v) is 6.39. The first kappa shape index (κ1) is 24.6. The van der Waals surface area contributed by atoms with Crippen LogP contribution in [0.25, 0.3) is 5.76 Å². The van der Waals surface area contributed by atoms with Gasteiger partial charge in [0.05, 0.1) is 35.4 Å². The second kappa shape index (κ2) is 10.0. The fourth-order valence-corrected chi connectivity index (χ4v) is 4.84. The Morgan fingerprint density at radius 1 is 1.03 bits per heavy atom. The first-order valence-electron chi connectivity index (χ1n) is 10.9. The Bertz CT molecular complexity index is 1310. The molecule has 1 aliphatic heterocycles. The van der Waals surface area contributed by atoms with Gasteiger partial charge in [-0.2, -0.15) is 0 Å². The average Bonchev–Trinajstić information content (AvgIpc) is 3.09. The van der Waals surface area contributed by atoms with Crippen molar-refractivity contribution in [1.29, 1.82) is 0 Å². The van der Waals surface area contributed by atoms with E-state index in [0.29, 0.717) is 23.6 Å². The first-order chi connectivity index (χ1) is 16.8. The zero-order valence-corrected chi connectivity index (χ0v) is 20.9. The van der Waals surface area contributed by atoms with E-state index in [0.717, 1.165) is 5.56 Å². The van der Waals surface area contributed by atoms with Gasteiger partial charge in [-0.05, 0) is 61.4 Å². The number of aliphatic hydroxyl groups is 1. The number of methoxy groups -OCH3 is 1. The van der Waals surface area contributed by atoms with Gasteiger partial charge in [0, 0.05) is 11.3 Å². The summed E-state index contributed by atoms with van der Waals surface area (Å²) in [7, 11) is 1.42. The molecule has 1 atom stereocenters. The SMILES string of the molecule is CCOc1ccc(N2C(=O)C(=O)/C(=C(/O)c3cc(Cl)c(OC)c(Cl)c3)C2c2ccccc2C)cc1. The van der Waals surface area contributed by atoms with Gasteiger partial charge >= 0.3 is 0 Å². The zero-order chi connectivity index (χ0) is 25.3. The second-order valence-electron chi connectivity index (χ2n) is 7.93. The lowest BCUT2D eigenvalue weighted by Crippen LogP contribution is -2.29. The topological polar surface area (TPSA) is 76.1 Å². The summed E-state index contributed by atoms with van der Waals surface area (Å²) in [6.07, 6.45) is 0. The maximum atomic E-state index is 13.3. The highest BCUT2D eigenvalue weighted by Gasteiger charge is 2.47. The zero-order valence-electron chi connectivity index (χ0n) is 19.3. The van der Waals surface area contributed by atoms with Crippen molar-refractivity contribution >= 4 is 46.3 Å². The Hall–Kier alpha value is -3.48. The van der Waals surface area contributed by atoms with Crippen LogP contribution in [0.1, 0.15) is 29.7 Å². The number of halogens is 2. The maximum Gasteiger partial charge on any atom is 0.300 e. The quantitative estimate of drug-likeness (QED) is 0.237. The van der Waals surface area contributed by atoms with Gasteiger partial charge in [0.2, 0.25) is 0 Å². The molecule has 0 spiro atoms. The highest BCUT2D eigenvalue weighted by atomic mass is 35.5. The van der Waals surface area contributed by atoms with Crippen LogP contribution in [0.4, 0.5) is 5.69 Å². The van der Waals surface area contributed by atoms with Gasteiger partial charge in [-0.1, -0.05) is 47.5 Å². The van der Waals surface area contributed by atoms with Crippen LogP contribution < -0.4 is 14.4 Å². The number of benzene rings is 3. The number of nitrogens with zero attached hydrogens (tertiary/aromatic N) is 1. The van der Waals surface area contributed by atoms with Crippen molar-refractivity contribution in [1.82, 2.24) is 0 Å². The van der Waals surface area contributed by atoms with Crippen molar-refractivity contribution in [3.05, 3.63) is 93.0 Å². The molecule has 0 aliphatic carbocycles. The monoisotopic (exact) mass is 511 g/mol. The van der Waals surface area contributed by atoms with Gasteiger partial charge in [-0.3, -0.25) is 14.5 Å². The molecular formula is C27H23Cl2NO5. The number of aliphatic hydroxyl groups excluding tert-OH is 1. The number of carbonyl (C=O) groups is 2. The van der Waals surface area contributed by atoms with Gasteiger partial charge in [0.15, 0.2) is 5.75 Å². The summed E-state index contributed by atoms with van der Waals surface area (Å²) in [5.41, 5.74) is 2.19. The summed E-state index contributed by atoms with van der Waals surface area (Å²) in [6.45, 7) is 4.26. The van der Waals surface area contributed by atoms with Crippen molar-refractivity contribution in [2.75, 3.05) is 18.6 Å². The molecule has 1 saturated heterocycles. The van der Waals surface area contributed by atoms with E-state index in [2.05, 4.69) is 0 Å². The molecule has 0 saturated carbocycles. The van der Waals surface area contributed by atoms with Gasteiger partial charge in [-0.15, -0.1) is 0 Å². The predicted molar refractivity (Wildman–Crippen MR) is 137 cm³/mol. The van der Waals surface area contributed by atoms with Crippen molar-refractivity contribution in [2.24, 2.45) is 0 Å². The van der Waals surface area contributed by atoms with Crippen LogP contribution in [0.3, 0.4) is 0 Å². The van der Waals surface area contributed by atoms with Crippen LogP contribution in [0, 0.1) is 6.92 Å². The largest absolute Gasteiger partial charge is 0.507 e. The number of hydrogen-bond acceptors (Lipinski definition) is 5. The number of rotatable bonds is 6. The van der Waals surface area contributed by atoms with Crippen molar-refractivity contribution in [2.45, 2.75) is 19.9 Å². The summed E-state index contributed by atoms with van der Waals surface area (Å²) in [6, 6.07) is 16.3. The Labute approximate surface area is 213 Å². The molecule has 1 N–H and O–H groups in total. The molecule has 0 radical (unpaired) electrons. The number of ether oxygens (including phenoxy) is 2. The molecule has 1 unspecified atom stereocenters. The summed E-state index contributed by atoms with van der Waals surface area (Å²) in [4.78, 5) is 28.0. The molecule has 1 amide bonds. The molecule has 180 valence electrons. The van der Waals surface area contributed by atoms with Crippen LogP contribution in [-0.4, -0.2) is 30.5 Å². The van der Waals surface area contributed by atoms with Crippen molar-refractivity contribution in [3.63, 3.8) is 0 Å². The van der Waals surface area contributed by atoms with Crippen molar-refractivity contribution < 1.29 is 24.2 Å². The van der Waals surface area contributed by atoms with E-state index in [4.69, 9.17) is 32.7 Å². The Morgan fingerprint density at radius 3 is 2.23 bits per heavy atom. The van der Waals surface area contributed by atoms with Gasteiger partial charge < -0.3 is 14.6 Å². The first-order valence-corrected chi connectivity index (χ1v) is 11.7. The van der Waals surface area contributed by atoms with E-state index in [-0.39, 0.29) is 32.7 Å². The van der Waals surface area contributed by atoms with Crippen LogP contribution in [-0.2, 0) is 9.59 Å². The Morgan fingerprint density at radius 2 is 1.66 bits per heavy atom. The molecule has 0 bridgehead atoms. The molecule has 1 fully saturated rings. The molecule has 3 aromatic carbocycles. The summed E-state index contributed by atoms with van der Waals surface area (Å²) >= 11 is 12.6. The lowest BCUT2D eigenvalue weighted by molar-refractivity contribution is -0.132. The molecule has 4 rings (SSSR count). The summed E-state index contributed by atoms with van der Waals surface area (Å²) in [5.74, 6) is -1.06. The molecule has 6 nitrogen and oxygen atoms in total. The van der Waals surface area contributed by atoms with E-state index < -0.39 is 17.7 Å². The molecule has 3 aromatic rings. The number of aryl methyl sites for hydroxylation is 1. The number of hydrogen-bond donors (Lipinski definition) is 1. The lowest BCUT2D eigenvalue weighted by Gasteiger charge is -2.26. The number of anilines is 1. The van der Waals surface area contributed by atoms with Gasteiger partial charge in [0.25, 0.3) is 11.7 Å². The van der Waals surface area contributed by atoms with Crippen LogP contribution >= 0.6 is 23.2 Å². The van der Waals surface area contributed by atoms with E-state index in [9.17, 15) is 14.7 Å². The predicted octanol–water partition coefficient (Wildman–Crippen LogP) is 6.34. The maximum absolute atomic E-state index is 13.3. The molecule has 0 aromatic heterocycles. The third-order valence-electron chi connectivity index (χ3n) is 5.83. The lowest BCUT2D eigenvalue weighted by atomic mass is 9.92. The van der Waals surface area contributed by atoms with Crippen LogP contribution in [0.2, 0.25) is 10.0 Å². The molecule has 1 heterocycles. The van der Waals surface area contributed by atoms with Crippen LogP contribution in [0.5, 0.6) is 11.5 Å².